The van der Waals surface area contributed by atoms with Crippen molar-refractivity contribution >= 4 is 94.9 Å². The summed E-state index contributed by atoms with van der Waals surface area (Å²) in [5.41, 5.74) is 11.1. The van der Waals surface area contributed by atoms with E-state index in [1.807, 2.05) is 22.7 Å². The standard InChI is InChI=1S/C30H26I2P2S2/c1-15-11-17(3)27(18(4)12-15)33-29-25(21-7-9-23(31)35-21)26(22-8-10-24(32)36-22)30(29)34-28-19(5)13-16(2)14-20(28)6/h7-14H,1-6H3. The van der Waals surface area contributed by atoms with Gasteiger partial charge in [-0.25, -0.2) is 0 Å². The van der Waals surface area contributed by atoms with Crippen LogP contribution in [-0.4, -0.2) is 0 Å². The molecule has 0 spiro atoms. The summed E-state index contributed by atoms with van der Waals surface area (Å²) in [6.07, 6.45) is 0. The minimum atomic E-state index is 1.32. The van der Waals surface area contributed by atoms with Gasteiger partial charge in [-0.2, -0.15) is 0 Å². The third-order valence-corrected chi connectivity index (χ3v) is 13.5. The molecule has 3 aromatic carbocycles. The highest BCUT2D eigenvalue weighted by atomic mass is 127. The Morgan fingerprint density at radius 2 is 0.861 bits per heavy atom. The molecule has 0 aliphatic carbocycles. The van der Waals surface area contributed by atoms with Gasteiger partial charge in [0, 0.05) is 41.4 Å². The summed E-state index contributed by atoms with van der Waals surface area (Å²) in [4.78, 5) is 5.75. The van der Waals surface area contributed by atoms with Gasteiger partial charge in [0.25, 0.3) is 0 Å². The fourth-order valence-electron chi connectivity index (χ4n) is 4.93. The van der Waals surface area contributed by atoms with Crippen LogP contribution < -0.4 is 10.6 Å². The molecule has 36 heavy (non-hydrogen) atoms. The number of thiophene rings is 2. The number of hydrogen-bond donors (Lipinski definition) is 0. The van der Waals surface area contributed by atoms with E-state index in [1.165, 1.54) is 96.9 Å². The summed E-state index contributed by atoms with van der Waals surface area (Å²) in [6.45, 7) is 13.5. The molecule has 0 fully saturated rings. The molecule has 0 bridgehead atoms. The SMILES string of the molecule is Cc1cc(C)c(P=c2c(-c3ccc(I)s3)c(-c3ccc(I)s3)c2=Pc2c(C)cc(C)cc2C)c(C)c1. The molecule has 2 aromatic heterocycles. The maximum Gasteiger partial charge on any atom is 0.0660 e. The second kappa shape index (κ2) is 10.9. The first-order valence-electron chi connectivity index (χ1n) is 11.7. The van der Waals surface area contributed by atoms with Gasteiger partial charge in [0.2, 0.25) is 0 Å². The summed E-state index contributed by atoms with van der Waals surface area (Å²) in [5.74, 6) is 0. The highest BCUT2D eigenvalue weighted by molar-refractivity contribution is 14.1. The molecule has 2 heterocycles. The van der Waals surface area contributed by atoms with Crippen LogP contribution in [0.1, 0.15) is 33.4 Å². The molecular weight excluding hydrogens is 740 g/mol. The fourth-order valence-corrected chi connectivity index (χ4v) is 11.3. The maximum atomic E-state index is 2.46. The Labute approximate surface area is 252 Å². The fraction of sp³-hybridized carbons (Fsp3) is 0.200. The lowest BCUT2D eigenvalue weighted by molar-refractivity contribution is 1.36. The van der Waals surface area contributed by atoms with Crippen molar-refractivity contribution in [1.29, 1.82) is 0 Å². The zero-order valence-corrected chi connectivity index (χ0v) is 28.8. The largest absolute Gasteiger partial charge is 0.129 e. The Balaban J connectivity index is 1.91. The molecule has 0 atom stereocenters. The molecule has 6 heteroatoms. The van der Waals surface area contributed by atoms with Crippen LogP contribution in [0.2, 0.25) is 0 Å². The molecule has 5 aromatic rings. The van der Waals surface area contributed by atoms with E-state index in [-0.39, 0.29) is 0 Å². The van der Waals surface area contributed by atoms with E-state index in [9.17, 15) is 0 Å². The van der Waals surface area contributed by atoms with Gasteiger partial charge in [0.1, 0.15) is 0 Å². The monoisotopic (exact) mass is 766 g/mol. The summed E-state index contributed by atoms with van der Waals surface area (Å²) >= 11 is 8.73. The van der Waals surface area contributed by atoms with Crippen molar-refractivity contribution in [3.63, 3.8) is 0 Å². The van der Waals surface area contributed by atoms with Crippen molar-refractivity contribution in [1.82, 2.24) is 0 Å². The summed E-state index contributed by atoms with van der Waals surface area (Å²) in [6, 6.07) is 18.5. The highest BCUT2D eigenvalue weighted by Gasteiger charge is 2.22. The van der Waals surface area contributed by atoms with Crippen molar-refractivity contribution in [2.45, 2.75) is 41.5 Å². The second-order valence-electron chi connectivity index (χ2n) is 9.37. The summed E-state index contributed by atoms with van der Waals surface area (Å²) < 4.78 is 2.68. The molecule has 0 unspecified atom stereocenters. The molecule has 0 aliphatic rings. The van der Waals surface area contributed by atoms with Crippen molar-refractivity contribution in [2.75, 3.05) is 0 Å². The number of benzene rings is 2. The first-order chi connectivity index (χ1) is 17.1. The second-order valence-corrected chi connectivity index (χ2v) is 17.6. The zero-order chi connectivity index (χ0) is 25.7. The highest BCUT2D eigenvalue weighted by Crippen LogP contribution is 2.48. The van der Waals surface area contributed by atoms with Gasteiger partial charge in [-0.15, -0.1) is 22.7 Å². The normalized spacial score (nSPS) is 12.8. The van der Waals surface area contributed by atoms with E-state index in [1.54, 1.807) is 0 Å². The predicted molar refractivity (Wildman–Crippen MR) is 182 cm³/mol. The van der Waals surface area contributed by atoms with Crippen molar-refractivity contribution in [3.8, 4) is 20.9 Å². The Morgan fingerprint density at radius 3 is 1.14 bits per heavy atom. The predicted octanol–water partition coefficient (Wildman–Crippen LogP) is 10.7. The molecule has 0 saturated heterocycles. The van der Waals surface area contributed by atoms with Crippen LogP contribution in [0.15, 0.2) is 48.5 Å². The zero-order valence-electron chi connectivity index (χ0n) is 21.1. The lowest BCUT2D eigenvalue weighted by Gasteiger charge is -2.17. The Hall–Kier alpha value is -0.620. The lowest BCUT2D eigenvalue weighted by Crippen LogP contribution is -2.06. The Kier molecular flexibility index (Phi) is 8.14. The molecule has 0 nitrogen and oxygen atoms in total. The first-order valence-corrected chi connectivity index (χ1v) is 17.3. The van der Waals surface area contributed by atoms with Crippen LogP contribution in [0.25, 0.3) is 20.9 Å². The van der Waals surface area contributed by atoms with Crippen LogP contribution in [0, 0.1) is 57.2 Å². The number of halogens is 2. The third kappa shape index (κ3) is 5.28. The van der Waals surface area contributed by atoms with Gasteiger partial charge >= 0.3 is 0 Å². The number of hydrogen-bond acceptors (Lipinski definition) is 2. The minimum Gasteiger partial charge on any atom is -0.129 e. The van der Waals surface area contributed by atoms with Gasteiger partial charge in [-0.3, -0.25) is 0 Å². The van der Waals surface area contributed by atoms with Crippen LogP contribution in [0.3, 0.4) is 0 Å². The minimum absolute atomic E-state index is 1.32. The van der Waals surface area contributed by atoms with Gasteiger partial charge in [-0.05, 0) is 133 Å². The van der Waals surface area contributed by atoms with Gasteiger partial charge in [0.15, 0.2) is 0 Å². The molecule has 0 radical (unpaired) electrons. The van der Waals surface area contributed by atoms with Gasteiger partial charge in [-0.1, -0.05) is 51.8 Å². The van der Waals surface area contributed by atoms with Crippen LogP contribution in [0.5, 0.6) is 0 Å². The quantitative estimate of drug-likeness (QED) is 0.126. The van der Waals surface area contributed by atoms with Crippen LogP contribution in [-0.2, 0) is 0 Å². The van der Waals surface area contributed by atoms with Gasteiger partial charge < -0.3 is 0 Å². The number of aryl methyl sites for hydroxylation is 6. The molecule has 182 valence electrons. The van der Waals surface area contributed by atoms with E-state index < -0.39 is 0 Å². The van der Waals surface area contributed by atoms with Crippen molar-refractivity contribution < 1.29 is 0 Å². The van der Waals surface area contributed by atoms with Crippen LogP contribution in [0.4, 0.5) is 0 Å². The molecule has 0 saturated carbocycles. The van der Waals surface area contributed by atoms with E-state index in [2.05, 4.69) is 135 Å². The van der Waals surface area contributed by atoms with E-state index in [0.717, 1.165) is 0 Å². The third-order valence-electron chi connectivity index (χ3n) is 6.31. The van der Waals surface area contributed by atoms with E-state index in [4.69, 9.17) is 0 Å². The average molecular weight is 766 g/mol. The Bertz CT molecular complexity index is 1550. The van der Waals surface area contributed by atoms with Crippen LogP contribution >= 0.6 is 84.3 Å². The first kappa shape index (κ1) is 27.0. The number of rotatable bonds is 4. The van der Waals surface area contributed by atoms with Crippen molar-refractivity contribution in [2.24, 2.45) is 0 Å². The molecule has 5 rings (SSSR count). The van der Waals surface area contributed by atoms with Gasteiger partial charge in [0.05, 0.1) is 5.77 Å². The Morgan fingerprint density at radius 1 is 0.528 bits per heavy atom. The summed E-state index contributed by atoms with van der Waals surface area (Å²) in [7, 11) is 2.63. The lowest BCUT2D eigenvalue weighted by atomic mass is 10.00. The average Bonchev–Trinajstić information content (AvgIpc) is 3.38. The molecule has 0 amide bonds. The molecular formula is C30H26I2P2S2. The van der Waals surface area contributed by atoms with E-state index >= 15 is 0 Å². The molecule has 0 aliphatic heterocycles. The van der Waals surface area contributed by atoms with E-state index in [0.29, 0.717) is 0 Å². The topological polar surface area (TPSA) is 0 Å². The van der Waals surface area contributed by atoms with Crippen molar-refractivity contribution in [3.05, 3.63) is 97.6 Å². The maximum absolute atomic E-state index is 2.46. The smallest absolute Gasteiger partial charge is 0.0660 e. The summed E-state index contributed by atoms with van der Waals surface area (Å²) in [5, 5.41) is 2.90. The molecule has 0 N–H and O–H groups in total.